The van der Waals surface area contributed by atoms with Crippen molar-refractivity contribution in [3.8, 4) is 0 Å². The van der Waals surface area contributed by atoms with E-state index in [4.69, 9.17) is 0 Å². The minimum Gasteiger partial charge on any atom is -0.355 e. The molecule has 0 heterocycles. The Labute approximate surface area is 81.3 Å². The van der Waals surface area contributed by atoms with E-state index in [2.05, 4.69) is 17.6 Å². The second kappa shape index (κ2) is 9.52. The Hall–Kier alpha value is -0.570. The molecule has 0 saturated carbocycles. The van der Waals surface area contributed by atoms with Gasteiger partial charge in [-0.2, -0.15) is 0 Å². The first-order chi connectivity index (χ1) is 6.31. The van der Waals surface area contributed by atoms with Crippen LogP contribution in [0.5, 0.6) is 0 Å². The van der Waals surface area contributed by atoms with E-state index in [0.717, 1.165) is 19.5 Å². The molecule has 0 fully saturated rings. The minimum absolute atomic E-state index is 0.110. The number of unbranched alkanes of at least 4 members (excludes halogenated alkanes) is 3. The highest BCUT2D eigenvalue weighted by Gasteiger charge is 1.97. The van der Waals surface area contributed by atoms with E-state index in [1.165, 1.54) is 19.3 Å². The zero-order valence-electron chi connectivity index (χ0n) is 8.86. The third-order valence-electron chi connectivity index (χ3n) is 1.89. The van der Waals surface area contributed by atoms with Crippen molar-refractivity contribution >= 4 is 5.91 Å². The molecular formula is C10H22N2O. The summed E-state index contributed by atoms with van der Waals surface area (Å²) < 4.78 is 0. The summed E-state index contributed by atoms with van der Waals surface area (Å²) >= 11 is 0. The molecule has 0 aliphatic heterocycles. The molecule has 0 aliphatic rings. The van der Waals surface area contributed by atoms with Crippen molar-refractivity contribution in [2.24, 2.45) is 0 Å². The van der Waals surface area contributed by atoms with Gasteiger partial charge in [0.2, 0.25) is 5.91 Å². The van der Waals surface area contributed by atoms with Crippen LogP contribution < -0.4 is 10.6 Å². The molecule has 2 N–H and O–H groups in total. The van der Waals surface area contributed by atoms with E-state index < -0.39 is 0 Å². The number of hydrogen-bond acceptors (Lipinski definition) is 2. The molecule has 0 rings (SSSR count). The lowest BCUT2D eigenvalue weighted by Gasteiger charge is -2.04. The van der Waals surface area contributed by atoms with Crippen molar-refractivity contribution in [2.45, 2.75) is 39.5 Å². The standard InChI is InChI=1S/C10H22N2O/c1-3-5-6-7-8-12-10(13)9-11-4-2/h11H,3-9H2,1-2H3,(H,12,13). The second-order valence-electron chi connectivity index (χ2n) is 3.19. The quantitative estimate of drug-likeness (QED) is 0.561. The predicted molar refractivity (Wildman–Crippen MR) is 55.7 cm³/mol. The smallest absolute Gasteiger partial charge is 0.233 e. The monoisotopic (exact) mass is 186 g/mol. The van der Waals surface area contributed by atoms with E-state index in [-0.39, 0.29) is 5.91 Å². The Bertz CT molecular complexity index is 126. The van der Waals surface area contributed by atoms with Gasteiger partial charge < -0.3 is 10.6 Å². The highest BCUT2D eigenvalue weighted by Crippen LogP contribution is 1.96. The predicted octanol–water partition coefficient (Wildman–Crippen LogP) is 1.29. The van der Waals surface area contributed by atoms with E-state index in [1.54, 1.807) is 0 Å². The first-order valence-electron chi connectivity index (χ1n) is 5.28. The fourth-order valence-corrected chi connectivity index (χ4v) is 1.08. The van der Waals surface area contributed by atoms with E-state index in [0.29, 0.717) is 6.54 Å². The van der Waals surface area contributed by atoms with Gasteiger partial charge in [0.25, 0.3) is 0 Å². The van der Waals surface area contributed by atoms with Gasteiger partial charge in [-0.15, -0.1) is 0 Å². The van der Waals surface area contributed by atoms with Crippen LogP contribution in [0.2, 0.25) is 0 Å². The lowest BCUT2D eigenvalue weighted by Crippen LogP contribution is -2.34. The molecule has 0 aromatic heterocycles. The topological polar surface area (TPSA) is 41.1 Å². The van der Waals surface area contributed by atoms with Gasteiger partial charge in [0, 0.05) is 6.54 Å². The number of carbonyl (C=O) groups is 1. The van der Waals surface area contributed by atoms with E-state index >= 15 is 0 Å². The average molecular weight is 186 g/mol. The summed E-state index contributed by atoms with van der Waals surface area (Å²) in [4.78, 5) is 11.1. The molecule has 13 heavy (non-hydrogen) atoms. The fourth-order valence-electron chi connectivity index (χ4n) is 1.08. The van der Waals surface area contributed by atoms with Gasteiger partial charge in [-0.05, 0) is 13.0 Å². The van der Waals surface area contributed by atoms with Gasteiger partial charge in [0.15, 0.2) is 0 Å². The first kappa shape index (κ1) is 12.4. The number of amides is 1. The van der Waals surface area contributed by atoms with Crippen LogP contribution in [-0.4, -0.2) is 25.5 Å². The molecular weight excluding hydrogens is 164 g/mol. The van der Waals surface area contributed by atoms with Crippen molar-refractivity contribution in [3.63, 3.8) is 0 Å². The Kier molecular flexibility index (Phi) is 9.10. The summed E-state index contributed by atoms with van der Waals surface area (Å²) in [5, 5.41) is 5.86. The molecule has 0 spiro atoms. The third kappa shape index (κ3) is 9.34. The lowest BCUT2D eigenvalue weighted by atomic mass is 10.2. The normalized spacial score (nSPS) is 10.0. The summed E-state index contributed by atoms with van der Waals surface area (Å²) in [6.45, 7) is 6.30. The fraction of sp³-hybridized carbons (Fsp3) is 0.900. The maximum absolute atomic E-state index is 11.1. The van der Waals surface area contributed by atoms with Crippen LogP contribution in [0.3, 0.4) is 0 Å². The summed E-state index contributed by atoms with van der Waals surface area (Å²) in [7, 11) is 0. The number of rotatable bonds is 8. The number of nitrogens with one attached hydrogen (secondary N) is 2. The van der Waals surface area contributed by atoms with Gasteiger partial charge in [0.05, 0.1) is 6.54 Å². The lowest BCUT2D eigenvalue weighted by molar-refractivity contribution is -0.120. The Morgan fingerprint density at radius 3 is 2.54 bits per heavy atom. The molecule has 0 saturated heterocycles. The zero-order chi connectivity index (χ0) is 9.94. The van der Waals surface area contributed by atoms with Crippen molar-refractivity contribution < 1.29 is 4.79 Å². The van der Waals surface area contributed by atoms with Crippen LogP contribution >= 0.6 is 0 Å². The van der Waals surface area contributed by atoms with Crippen LogP contribution in [-0.2, 0) is 4.79 Å². The van der Waals surface area contributed by atoms with Crippen LogP contribution in [0, 0.1) is 0 Å². The molecule has 1 amide bonds. The molecule has 3 heteroatoms. The summed E-state index contributed by atoms with van der Waals surface area (Å²) in [5.74, 6) is 0.110. The van der Waals surface area contributed by atoms with Gasteiger partial charge in [-0.3, -0.25) is 4.79 Å². The second-order valence-corrected chi connectivity index (χ2v) is 3.19. The largest absolute Gasteiger partial charge is 0.355 e. The van der Waals surface area contributed by atoms with Crippen molar-refractivity contribution in [3.05, 3.63) is 0 Å². The third-order valence-corrected chi connectivity index (χ3v) is 1.89. The average Bonchev–Trinajstić information content (AvgIpc) is 2.14. The Balaban J connectivity index is 3.08. The molecule has 0 atom stereocenters. The summed E-state index contributed by atoms with van der Waals surface area (Å²) in [6.07, 6.45) is 4.83. The highest BCUT2D eigenvalue weighted by molar-refractivity contribution is 5.77. The molecule has 0 aliphatic carbocycles. The number of carbonyl (C=O) groups excluding carboxylic acids is 1. The van der Waals surface area contributed by atoms with Gasteiger partial charge >= 0.3 is 0 Å². The molecule has 0 radical (unpaired) electrons. The van der Waals surface area contributed by atoms with Gasteiger partial charge in [-0.25, -0.2) is 0 Å². The SMILES string of the molecule is CCCCCCNC(=O)CNCC. The van der Waals surface area contributed by atoms with Crippen molar-refractivity contribution in [2.75, 3.05) is 19.6 Å². The molecule has 0 aromatic rings. The van der Waals surface area contributed by atoms with Crippen molar-refractivity contribution in [1.82, 2.24) is 10.6 Å². The van der Waals surface area contributed by atoms with Crippen LogP contribution in [0.25, 0.3) is 0 Å². The number of hydrogen-bond donors (Lipinski definition) is 2. The molecule has 0 unspecified atom stereocenters. The Morgan fingerprint density at radius 2 is 1.92 bits per heavy atom. The van der Waals surface area contributed by atoms with E-state index in [1.807, 2.05) is 6.92 Å². The maximum atomic E-state index is 11.1. The van der Waals surface area contributed by atoms with Crippen LogP contribution in [0.4, 0.5) is 0 Å². The first-order valence-corrected chi connectivity index (χ1v) is 5.28. The molecule has 3 nitrogen and oxygen atoms in total. The van der Waals surface area contributed by atoms with Gasteiger partial charge in [0.1, 0.15) is 0 Å². The summed E-state index contributed by atoms with van der Waals surface area (Å²) in [6, 6.07) is 0. The Morgan fingerprint density at radius 1 is 1.15 bits per heavy atom. The van der Waals surface area contributed by atoms with Gasteiger partial charge in [-0.1, -0.05) is 33.1 Å². The van der Waals surface area contributed by atoms with Crippen molar-refractivity contribution in [1.29, 1.82) is 0 Å². The molecule has 0 bridgehead atoms. The minimum atomic E-state index is 0.110. The molecule has 0 aromatic carbocycles. The van der Waals surface area contributed by atoms with Crippen LogP contribution in [0.1, 0.15) is 39.5 Å². The number of likely N-dealkylation sites (N-methyl/N-ethyl adjacent to an activating group) is 1. The van der Waals surface area contributed by atoms with E-state index in [9.17, 15) is 4.79 Å². The summed E-state index contributed by atoms with van der Waals surface area (Å²) in [5.41, 5.74) is 0. The molecule has 78 valence electrons. The zero-order valence-corrected chi connectivity index (χ0v) is 8.86. The van der Waals surface area contributed by atoms with Crippen LogP contribution in [0.15, 0.2) is 0 Å². The maximum Gasteiger partial charge on any atom is 0.233 e. The highest BCUT2D eigenvalue weighted by atomic mass is 16.1.